The Bertz CT molecular complexity index is 1080. The van der Waals surface area contributed by atoms with Gasteiger partial charge < -0.3 is 15.4 Å². The summed E-state index contributed by atoms with van der Waals surface area (Å²) in [6.07, 6.45) is 0.229. The number of nitrogens with one attached hydrogen (secondary N) is 1. The minimum atomic E-state index is -0.684. The molecule has 162 valence electrons. The van der Waals surface area contributed by atoms with Crippen molar-refractivity contribution in [2.45, 2.75) is 41.0 Å². The van der Waals surface area contributed by atoms with Gasteiger partial charge in [-0.2, -0.15) is 0 Å². The van der Waals surface area contributed by atoms with Crippen LogP contribution in [0.5, 0.6) is 0 Å². The Morgan fingerprint density at radius 1 is 0.875 bits per heavy atom. The van der Waals surface area contributed by atoms with Gasteiger partial charge in [0.25, 0.3) is 0 Å². The number of fused-ring (bicyclic) bond motifs is 2. The van der Waals surface area contributed by atoms with Crippen molar-refractivity contribution in [1.29, 1.82) is 0 Å². The van der Waals surface area contributed by atoms with Crippen LogP contribution in [0.2, 0.25) is 0 Å². The third kappa shape index (κ3) is 5.36. The zero-order chi connectivity index (χ0) is 23.0. The van der Waals surface area contributed by atoms with Crippen LogP contribution in [0.4, 0.5) is 11.4 Å². The van der Waals surface area contributed by atoms with Crippen molar-refractivity contribution >= 4 is 34.8 Å². The minimum absolute atomic E-state index is 0. The van der Waals surface area contributed by atoms with Crippen molar-refractivity contribution in [3.8, 4) is 0 Å². The molecule has 4 rings (SSSR count). The molecule has 6 nitrogen and oxygen atoms in total. The van der Waals surface area contributed by atoms with Gasteiger partial charge in [-0.15, -0.1) is 5.69 Å². The number of benzene rings is 2. The van der Waals surface area contributed by atoms with Gasteiger partial charge in [-0.3, -0.25) is 14.4 Å². The maximum atomic E-state index is 12.2. The second-order valence-corrected chi connectivity index (χ2v) is 9.23. The van der Waals surface area contributed by atoms with Gasteiger partial charge in [-0.25, -0.2) is 0 Å². The van der Waals surface area contributed by atoms with Crippen LogP contribution in [-0.2, 0) is 9.59 Å². The van der Waals surface area contributed by atoms with E-state index in [-0.39, 0.29) is 93.9 Å². The smallest absolute Gasteiger partial charge is 0.626 e. The number of anilines is 1. The van der Waals surface area contributed by atoms with Gasteiger partial charge in [0.1, 0.15) is 0 Å². The van der Waals surface area contributed by atoms with Gasteiger partial charge in [-0.1, -0.05) is 71.0 Å². The number of para-hydroxylation sites is 2. The molecule has 0 bridgehead atoms. The molecule has 2 aliphatic rings. The molecule has 2 aromatic carbocycles. The average Bonchev–Trinajstić information content (AvgIpc) is 2.84. The van der Waals surface area contributed by atoms with Crippen molar-refractivity contribution in [3.05, 3.63) is 65.0 Å². The van der Waals surface area contributed by atoms with E-state index in [1.54, 1.807) is 64.1 Å². The predicted molar refractivity (Wildman–Crippen MR) is 120 cm³/mol. The summed E-state index contributed by atoms with van der Waals surface area (Å²) in [6, 6.07) is 14.1. The minimum Gasteiger partial charge on any atom is -0.626 e. The predicted octanol–water partition coefficient (Wildman–Crippen LogP) is 2.32. The third-order valence-electron chi connectivity index (χ3n) is 6.11. The van der Waals surface area contributed by atoms with Gasteiger partial charge in [-0.05, 0) is 12.1 Å². The molecule has 2 aromatic rings. The number of carbonyl (C=O) groups is 4. The van der Waals surface area contributed by atoms with Crippen molar-refractivity contribution in [2.24, 2.45) is 16.7 Å². The standard InChI is InChI=1S/C13H15NO2.C12H13NO2.Rb/c1-8-11(15)9-6-4-5-7-10(9)14-12(16)13(8,2)3;1-12(2)7-10(14)8-5-3-4-6-9(8)13-11(12)15;/h4-8H,1-3H3,(H,14,16);3-6H,7H2,1-2H3,(H,13,14,15);/q;;+1/p-1. The fraction of sp³-hybridized carbons (Fsp3) is 0.360. The largest absolute Gasteiger partial charge is 1.00 e. The van der Waals surface area contributed by atoms with Crippen molar-refractivity contribution in [1.82, 2.24) is 0 Å². The van der Waals surface area contributed by atoms with Gasteiger partial charge in [0, 0.05) is 28.9 Å². The molecule has 7 heteroatoms. The van der Waals surface area contributed by atoms with E-state index < -0.39 is 10.8 Å². The van der Waals surface area contributed by atoms with Crippen molar-refractivity contribution in [3.63, 3.8) is 0 Å². The monoisotopic (exact) mass is 504 g/mol. The van der Waals surface area contributed by atoms with Crippen LogP contribution in [0, 0.1) is 16.7 Å². The summed E-state index contributed by atoms with van der Waals surface area (Å²) >= 11 is 0. The zero-order valence-electron chi connectivity index (χ0n) is 19.5. The maximum absolute atomic E-state index is 12.2. The molecule has 1 unspecified atom stereocenters. The Kier molecular flexibility index (Phi) is 8.54. The Hall–Kier alpha value is -1.47. The fourth-order valence-electron chi connectivity index (χ4n) is 3.49. The Balaban J connectivity index is 0.000000220. The SMILES string of the molecule is CC1(C)CC(=O)c2ccccc2[N-]C1=O.CC1C(=O)c2ccccc2NC(=O)C1(C)C.[Rb+]. The topological polar surface area (TPSA) is 94.4 Å². The summed E-state index contributed by atoms with van der Waals surface area (Å²) in [5.74, 6) is -0.612. The molecule has 2 aliphatic heterocycles. The van der Waals surface area contributed by atoms with Crippen molar-refractivity contribution in [2.75, 3.05) is 5.32 Å². The number of Topliss-reactive ketones (excluding diaryl/α,β-unsaturated/α-hetero) is 2. The molecule has 0 radical (unpaired) electrons. The molecule has 32 heavy (non-hydrogen) atoms. The summed E-state index contributed by atoms with van der Waals surface area (Å²) in [6.45, 7) is 8.92. The van der Waals surface area contributed by atoms with E-state index in [0.717, 1.165) is 0 Å². The molecule has 0 fully saturated rings. The number of rotatable bonds is 0. The number of hydrogen-bond donors (Lipinski definition) is 1. The fourth-order valence-corrected chi connectivity index (χ4v) is 3.49. The summed E-state index contributed by atoms with van der Waals surface area (Å²) < 4.78 is 0. The van der Waals surface area contributed by atoms with Gasteiger partial charge in [0.15, 0.2) is 11.6 Å². The van der Waals surface area contributed by atoms with Gasteiger partial charge in [0.05, 0.1) is 17.0 Å². The molecular formula is C25H27N2O4Rb. The van der Waals surface area contributed by atoms with Gasteiger partial charge in [0.2, 0.25) is 5.91 Å². The van der Waals surface area contributed by atoms with Crippen LogP contribution in [0.15, 0.2) is 48.5 Å². The van der Waals surface area contributed by atoms with Crippen molar-refractivity contribution < 1.29 is 77.4 Å². The van der Waals surface area contributed by atoms with Crippen LogP contribution in [-0.4, -0.2) is 23.4 Å². The molecule has 0 saturated heterocycles. The first-order valence-electron chi connectivity index (χ1n) is 10.3. The van der Waals surface area contributed by atoms with E-state index in [1.807, 2.05) is 19.1 Å². The van der Waals surface area contributed by atoms with E-state index in [2.05, 4.69) is 10.6 Å². The van der Waals surface area contributed by atoms with Crippen LogP contribution < -0.4 is 63.5 Å². The molecule has 2 heterocycles. The van der Waals surface area contributed by atoms with Gasteiger partial charge >= 0.3 is 58.2 Å². The summed E-state index contributed by atoms with van der Waals surface area (Å²) in [5, 5.41) is 6.80. The Labute approximate surface area is 237 Å². The first kappa shape index (κ1) is 26.8. The molecule has 1 N–H and O–H groups in total. The normalized spacial score (nSPS) is 20.6. The molecular weight excluding hydrogens is 478 g/mol. The number of carbonyl (C=O) groups excluding carboxylic acids is 4. The van der Waals surface area contributed by atoms with Crippen LogP contribution >= 0.6 is 0 Å². The average molecular weight is 505 g/mol. The number of amides is 2. The molecule has 0 aromatic heterocycles. The van der Waals surface area contributed by atoms with E-state index in [1.165, 1.54) is 0 Å². The van der Waals surface area contributed by atoms with Crippen LogP contribution in [0.3, 0.4) is 0 Å². The quantitative estimate of drug-likeness (QED) is 0.595. The number of hydrogen-bond acceptors (Lipinski definition) is 4. The summed E-state index contributed by atoms with van der Waals surface area (Å²) in [7, 11) is 0. The van der Waals surface area contributed by atoms with E-state index >= 15 is 0 Å². The van der Waals surface area contributed by atoms with E-state index in [4.69, 9.17) is 0 Å². The number of nitrogens with zero attached hydrogens (tertiary/aromatic N) is 1. The van der Waals surface area contributed by atoms with Crippen LogP contribution in [0.1, 0.15) is 61.8 Å². The maximum Gasteiger partial charge on any atom is 1.00 e. The molecule has 0 spiro atoms. The second-order valence-electron chi connectivity index (χ2n) is 9.23. The Morgan fingerprint density at radius 3 is 2.09 bits per heavy atom. The Morgan fingerprint density at radius 2 is 1.44 bits per heavy atom. The molecule has 2 amide bonds. The third-order valence-corrected chi connectivity index (χ3v) is 6.11. The molecule has 0 saturated carbocycles. The van der Waals surface area contributed by atoms with E-state index in [0.29, 0.717) is 22.5 Å². The molecule has 1 atom stereocenters. The first-order valence-corrected chi connectivity index (χ1v) is 10.3. The van der Waals surface area contributed by atoms with E-state index in [9.17, 15) is 19.2 Å². The molecule has 0 aliphatic carbocycles. The first-order chi connectivity index (χ1) is 14.4. The zero-order valence-corrected chi connectivity index (χ0v) is 24.4. The number of ketones is 2. The summed E-state index contributed by atoms with van der Waals surface area (Å²) in [4.78, 5) is 47.8. The second kappa shape index (κ2) is 10.2. The van der Waals surface area contributed by atoms with Crippen LogP contribution in [0.25, 0.3) is 5.32 Å². The summed E-state index contributed by atoms with van der Waals surface area (Å²) in [5.41, 5.74) is 0.921.